The predicted octanol–water partition coefficient (Wildman–Crippen LogP) is 0.850. The second-order valence-corrected chi connectivity index (χ2v) is 4.59. The van der Waals surface area contributed by atoms with Gasteiger partial charge in [0, 0.05) is 19.8 Å². The second kappa shape index (κ2) is 5.35. The highest BCUT2D eigenvalue weighted by atomic mass is 16.3. The first kappa shape index (κ1) is 12.8. The van der Waals surface area contributed by atoms with Crippen LogP contribution in [-0.4, -0.2) is 35.6 Å². The standard InChI is InChI=1S/C13H19N3O2/c1-9(17)10-5-6-12(15-8-10)16-7-3-4-11(16)13(18)14-2/h5-6,8-9,11,17H,3-4,7H2,1-2H3,(H,14,18). The predicted molar refractivity (Wildman–Crippen MR) is 69.3 cm³/mol. The van der Waals surface area contributed by atoms with E-state index in [4.69, 9.17) is 0 Å². The number of hydrogen-bond donors (Lipinski definition) is 2. The summed E-state index contributed by atoms with van der Waals surface area (Å²) < 4.78 is 0. The van der Waals surface area contributed by atoms with Crippen LogP contribution in [0.3, 0.4) is 0 Å². The maximum Gasteiger partial charge on any atom is 0.242 e. The maximum atomic E-state index is 11.8. The van der Waals surface area contributed by atoms with E-state index < -0.39 is 6.10 Å². The van der Waals surface area contributed by atoms with Crippen molar-refractivity contribution >= 4 is 11.7 Å². The fourth-order valence-electron chi connectivity index (χ4n) is 2.29. The molecule has 1 aromatic heterocycles. The molecule has 0 radical (unpaired) electrons. The summed E-state index contributed by atoms with van der Waals surface area (Å²) in [6.45, 7) is 2.55. The van der Waals surface area contributed by atoms with Crippen molar-refractivity contribution in [2.75, 3.05) is 18.5 Å². The summed E-state index contributed by atoms with van der Waals surface area (Å²) in [5.74, 6) is 0.833. The van der Waals surface area contributed by atoms with Crippen molar-refractivity contribution in [2.45, 2.75) is 31.9 Å². The number of carbonyl (C=O) groups is 1. The number of hydrogen-bond acceptors (Lipinski definition) is 4. The first-order valence-electron chi connectivity index (χ1n) is 6.25. The summed E-state index contributed by atoms with van der Waals surface area (Å²) in [5.41, 5.74) is 0.787. The maximum absolute atomic E-state index is 11.8. The number of likely N-dealkylation sites (N-methyl/N-ethyl adjacent to an activating group) is 1. The minimum absolute atomic E-state index is 0.0360. The number of aliphatic hydroxyl groups excluding tert-OH is 1. The van der Waals surface area contributed by atoms with E-state index in [1.54, 1.807) is 20.2 Å². The summed E-state index contributed by atoms with van der Waals surface area (Å²) in [7, 11) is 1.66. The van der Waals surface area contributed by atoms with Gasteiger partial charge in [-0.05, 0) is 31.4 Å². The lowest BCUT2D eigenvalue weighted by Gasteiger charge is -2.24. The van der Waals surface area contributed by atoms with E-state index >= 15 is 0 Å². The molecule has 18 heavy (non-hydrogen) atoms. The Bertz CT molecular complexity index is 417. The normalized spacial score (nSPS) is 20.8. The molecule has 1 aliphatic rings. The fourth-order valence-corrected chi connectivity index (χ4v) is 2.29. The first-order chi connectivity index (χ1) is 8.63. The van der Waals surface area contributed by atoms with Gasteiger partial charge in [0.2, 0.25) is 5.91 Å². The van der Waals surface area contributed by atoms with Crippen molar-refractivity contribution in [3.8, 4) is 0 Å². The summed E-state index contributed by atoms with van der Waals surface area (Å²) >= 11 is 0. The first-order valence-corrected chi connectivity index (χ1v) is 6.25. The number of anilines is 1. The monoisotopic (exact) mass is 249 g/mol. The van der Waals surface area contributed by atoms with E-state index in [1.165, 1.54) is 0 Å². The summed E-state index contributed by atoms with van der Waals surface area (Å²) in [5, 5.41) is 12.1. The lowest BCUT2D eigenvalue weighted by Crippen LogP contribution is -2.42. The van der Waals surface area contributed by atoms with Gasteiger partial charge in [0.15, 0.2) is 0 Å². The van der Waals surface area contributed by atoms with E-state index in [0.717, 1.165) is 30.8 Å². The number of rotatable bonds is 3. The van der Waals surface area contributed by atoms with Crippen LogP contribution in [0.25, 0.3) is 0 Å². The zero-order valence-corrected chi connectivity index (χ0v) is 10.8. The average molecular weight is 249 g/mol. The lowest BCUT2D eigenvalue weighted by molar-refractivity contribution is -0.121. The number of aromatic nitrogens is 1. The molecule has 5 nitrogen and oxygen atoms in total. The quantitative estimate of drug-likeness (QED) is 0.833. The van der Waals surface area contributed by atoms with Crippen LogP contribution in [0.5, 0.6) is 0 Å². The largest absolute Gasteiger partial charge is 0.389 e. The summed E-state index contributed by atoms with van der Waals surface area (Å²) in [6, 6.07) is 3.59. The van der Waals surface area contributed by atoms with Crippen LogP contribution in [0.15, 0.2) is 18.3 Å². The number of nitrogens with zero attached hydrogens (tertiary/aromatic N) is 2. The van der Waals surface area contributed by atoms with Crippen LogP contribution in [0.2, 0.25) is 0 Å². The Morgan fingerprint density at radius 2 is 2.39 bits per heavy atom. The van der Waals surface area contributed by atoms with Crippen LogP contribution in [-0.2, 0) is 4.79 Å². The second-order valence-electron chi connectivity index (χ2n) is 4.59. The molecular formula is C13H19N3O2. The van der Waals surface area contributed by atoms with Crippen LogP contribution in [0.4, 0.5) is 5.82 Å². The van der Waals surface area contributed by atoms with Gasteiger partial charge in [0.1, 0.15) is 11.9 Å². The molecule has 0 spiro atoms. The van der Waals surface area contributed by atoms with Gasteiger partial charge in [0.05, 0.1) is 6.10 Å². The van der Waals surface area contributed by atoms with Crippen molar-refractivity contribution in [3.05, 3.63) is 23.9 Å². The molecule has 5 heteroatoms. The van der Waals surface area contributed by atoms with Gasteiger partial charge in [-0.2, -0.15) is 0 Å². The molecule has 1 saturated heterocycles. The molecule has 0 aromatic carbocycles. The summed E-state index contributed by atoms with van der Waals surface area (Å²) in [4.78, 5) is 18.1. The third-order valence-electron chi connectivity index (χ3n) is 3.35. The molecule has 2 atom stereocenters. The van der Waals surface area contributed by atoms with Gasteiger partial charge in [-0.15, -0.1) is 0 Å². The highest BCUT2D eigenvalue weighted by molar-refractivity contribution is 5.85. The molecule has 1 aromatic rings. The third-order valence-corrected chi connectivity index (χ3v) is 3.35. The van der Waals surface area contributed by atoms with Gasteiger partial charge in [-0.25, -0.2) is 4.98 Å². The Hall–Kier alpha value is -1.62. The molecule has 0 bridgehead atoms. The van der Waals surface area contributed by atoms with E-state index in [9.17, 15) is 9.90 Å². The van der Waals surface area contributed by atoms with Crippen LogP contribution >= 0.6 is 0 Å². The van der Waals surface area contributed by atoms with Gasteiger partial charge in [0.25, 0.3) is 0 Å². The van der Waals surface area contributed by atoms with Crippen molar-refractivity contribution in [3.63, 3.8) is 0 Å². The molecule has 2 N–H and O–H groups in total. The molecule has 1 aliphatic heterocycles. The lowest BCUT2D eigenvalue weighted by atomic mass is 10.2. The number of amides is 1. The molecule has 0 saturated carbocycles. The highest BCUT2D eigenvalue weighted by Crippen LogP contribution is 2.24. The highest BCUT2D eigenvalue weighted by Gasteiger charge is 2.30. The zero-order valence-electron chi connectivity index (χ0n) is 10.8. The minimum atomic E-state index is -0.514. The SMILES string of the molecule is CNC(=O)C1CCCN1c1ccc(C(C)O)cn1. The smallest absolute Gasteiger partial charge is 0.242 e. The van der Waals surface area contributed by atoms with Crippen LogP contribution < -0.4 is 10.2 Å². The molecule has 2 unspecified atom stereocenters. The Labute approximate surface area is 107 Å². The topological polar surface area (TPSA) is 65.5 Å². The number of pyridine rings is 1. The van der Waals surface area contributed by atoms with Gasteiger partial charge in [-0.1, -0.05) is 6.07 Å². The van der Waals surface area contributed by atoms with Crippen LogP contribution in [0, 0.1) is 0 Å². The van der Waals surface area contributed by atoms with Crippen molar-refractivity contribution in [2.24, 2.45) is 0 Å². The Morgan fingerprint density at radius 3 is 2.94 bits per heavy atom. The van der Waals surface area contributed by atoms with Crippen molar-refractivity contribution in [1.82, 2.24) is 10.3 Å². The van der Waals surface area contributed by atoms with Gasteiger partial charge in [-0.3, -0.25) is 4.79 Å². The minimum Gasteiger partial charge on any atom is -0.389 e. The van der Waals surface area contributed by atoms with E-state index in [1.807, 2.05) is 17.0 Å². The van der Waals surface area contributed by atoms with Gasteiger partial charge >= 0.3 is 0 Å². The molecule has 1 fully saturated rings. The van der Waals surface area contributed by atoms with Gasteiger partial charge < -0.3 is 15.3 Å². The summed E-state index contributed by atoms with van der Waals surface area (Å²) in [6.07, 6.45) is 3.01. The number of nitrogens with one attached hydrogen (secondary N) is 1. The molecular weight excluding hydrogens is 230 g/mol. The molecule has 2 heterocycles. The molecule has 98 valence electrons. The Balaban J connectivity index is 2.17. The Morgan fingerprint density at radius 1 is 1.61 bits per heavy atom. The zero-order chi connectivity index (χ0) is 13.1. The van der Waals surface area contributed by atoms with E-state index in [2.05, 4.69) is 10.3 Å². The molecule has 1 amide bonds. The third kappa shape index (κ3) is 2.46. The molecule has 2 rings (SSSR count). The van der Waals surface area contributed by atoms with E-state index in [0.29, 0.717) is 0 Å². The average Bonchev–Trinajstić information content (AvgIpc) is 2.87. The van der Waals surface area contributed by atoms with Crippen LogP contribution in [0.1, 0.15) is 31.4 Å². The van der Waals surface area contributed by atoms with Crippen molar-refractivity contribution in [1.29, 1.82) is 0 Å². The fraction of sp³-hybridized carbons (Fsp3) is 0.538. The molecule has 0 aliphatic carbocycles. The number of carbonyl (C=O) groups excluding carboxylic acids is 1. The number of aliphatic hydroxyl groups is 1. The van der Waals surface area contributed by atoms with E-state index in [-0.39, 0.29) is 11.9 Å². The Kier molecular flexibility index (Phi) is 3.81. The van der Waals surface area contributed by atoms with Crippen molar-refractivity contribution < 1.29 is 9.90 Å².